The van der Waals surface area contributed by atoms with E-state index in [1.165, 1.54) is 27.1 Å². The molecule has 0 amide bonds. The third-order valence-electron chi connectivity index (χ3n) is 4.02. The normalized spacial score (nSPS) is 10.8. The molecule has 0 spiro atoms. The van der Waals surface area contributed by atoms with Gasteiger partial charge in [-0.2, -0.15) is 0 Å². The Morgan fingerprint density at radius 2 is 1.75 bits per heavy atom. The van der Waals surface area contributed by atoms with Crippen molar-refractivity contribution in [1.29, 1.82) is 0 Å². The number of methoxy groups -OCH3 is 1. The summed E-state index contributed by atoms with van der Waals surface area (Å²) in [5.41, 5.74) is 5.40. The van der Waals surface area contributed by atoms with Gasteiger partial charge in [-0.05, 0) is 55.0 Å². The molecule has 2 rings (SSSR count). The average molecular weight is 345 g/mol. The molecule has 0 aliphatic carbocycles. The predicted molar refractivity (Wildman–Crippen MR) is 103 cm³/mol. The van der Waals surface area contributed by atoms with E-state index in [2.05, 4.69) is 57.2 Å². The molecule has 3 heteroatoms. The minimum absolute atomic E-state index is 0.304. The van der Waals surface area contributed by atoms with Crippen LogP contribution in [0.5, 0.6) is 5.75 Å². The van der Waals surface area contributed by atoms with Gasteiger partial charge in [0, 0.05) is 17.8 Å². The molecule has 0 fully saturated rings. The van der Waals surface area contributed by atoms with Crippen LogP contribution in [0, 0.1) is 13.8 Å². The highest BCUT2D eigenvalue weighted by Gasteiger charge is 2.07. The molecule has 0 bridgehead atoms. The molecule has 2 aromatic carbocycles. The largest absolute Gasteiger partial charge is 0.467 e. The average Bonchev–Trinajstić information content (AvgIpc) is 2.57. The zero-order valence-corrected chi connectivity index (χ0v) is 16.0. The first-order chi connectivity index (χ1) is 11.7. The van der Waals surface area contributed by atoms with Crippen LogP contribution in [0.4, 0.5) is 0 Å². The molecule has 2 aromatic rings. The molecule has 0 atom stereocenters. The van der Waals surface area contributed by atoms with Crippen LogP contribution in [0.3, 0.4) is 0 Å². The molecular formula is C21H28O2S. The van der Waals surface area contributed by atoms with Crippen molar-refractivity contribution in [1.82, 2.24) is 0 Å². The van der Waals surface area contributed by atoms with Gasteiger partial charge in [-0.15, -0.1) is 11.8 Å². The van der Waals surface area contributed by atoms with E-state index in [4.69, 9.17) is 9.47 Å². The number of ether oxygens (including phenoxy) is 2. The highest BCUT2D eigenvalue weighted by atomic mass is 32.2. The molecule has 0 N–H and O–H groups in total. The van der Waals surface area contributed by atoms with Gasteiger partial charge in [0.1, 0.15) is 5.75 Å². The van der Waals surface area contributed by atoms with Crippen molar-refractivity contribution >= 4 is 11.8 Å². The molecule has 130 valence electrons. The fourth-order valence-electron chi connectivity index (χ4n) is 2.81. The smallest absolute Gasteiger partial charge is 0.188 e. The first-order valence-corrected chi connectivity index (χ1v) is 9.56. The summed E-state index contributed by atoms with van der Waals surface area (Å²) < 4.78 is 10.7. The number of hydrogen-bond acceptors (Lipinski definition) is 3. The van der Waals surface area contributed by atoms with Gasteiger partial charge in [0.25, 0.3) is 0 Å². The van der Waals surface area contributed by atoms with E-state index < -0.39 is 0 Å². The molecule has 24 heavy (non-hydrogen) atoms. The number of aryl methyl sites for hydroxylation is 4. The van der Waals surface area contributed by atoms with Crippen molar-refractivity contribution in [2.75, 3.05) is 19.7 Å². The van der Waals surface area contributed by atoms with Crippen LogP contribution in [0.25, 0.3) is 0 Å². The molecule has 0 aromatic heterocycles. The molecule has 0 aliphatic heterocycles. The summed E-state index contributed by atoms with van der Waals surface area (Å²) in [6, 6.07) is 13.1. The topological polar surface area (TPSA) is 18.5 Å². The number of rotatable bonds is 9. The molecule has 0 radical (unpaired) electrons. The van der Waals surface area contributed by atoms with Crippen LogP contribution in [0.1, 0.15) is 35.6 Å². The molecule has 0 unspecified atom stereocenters. The van der Waals surface area contributed by atoms with Crippen LogP contribution >= 0.6 is 11.8 Å². The third kappa shape index (κ3) is 5.29. The second-order valence-electron chi connectivity index (χ2n) is 6.06. The van der Waals surface area contributed by atoms with E-state index in [1.54, 1.807) is 7.11 Å². The van der Waals surface area contributed by atoms with Crippen molar-refractivity contribution in [2.45, 2.75) is 44.9 Å². The zero-order chi connectivity index (χ0) is 17.4. The van der Waals surface area contributed by atoms with Gasteiger partial charge in [0.05, 0.1) is 0 Å². The summed E-state index contributed by atoms with van der Waals surface area (Å²) in [6.45, 7) is 6.88. The molecule has 0 aliphatic rings. The minimum atomic E-state index is 0.304. The van der Waals surface area contributed by atoms with E-state index in [1.807, 2.05) is 11.8 Å². The summed E-state index contributed by atoms with van der Waals surface area (Å²) in [6.07, 6.45) is 3.22. The van der Waals surface area contributed by atoms with E-state index >= 15 is 0 Å². The van der Waals surface area contributed by atoms with Crippen molar-refractivity contribution in [3.8, 4) is 5.75 Å². The Hall–Kier alpha value is -1.45. The van der Waals surface area contributed by atoms with Crippen LogP contribution in [0.15, 0.2) is 41.3 Å². The van der Waals surface area contributed by atoms with Crippen molar-refractivity contribution in [3.05, 3.63) is 58.7 Å². The van der Waals surface area contributed by atoms with E-state index in [-0.39, 0.29) is 0 Å². The monoisotopic (exact) mass is 344 g/mol. The maximum Gasteiger partial charge on any atom is 0.188 e. The summed E-state index contributed by atoms with van der Waals surface area (Å²) in [5.74, 6) is 2.04. The Kier molecular flexibility index (Phi) is 7.67. The van der Waals surface area contributed by atoms with E-state index in [9.17, 15) is 0 Å². The van der Waals surface area contributed by atoms with E-state index in [0.29, 0.717) is 6.79 Å². The number of benzene rings is 2. The Morgan fingerprint density at radius 1 is 1.00 bits per heavy atom. The maximum atomic E-state index is 5.67. The zero-order valence-electron chi connectivity index (χ0n) is 15.2. The Labute approximate surface area is 150 Å². The highest BCUT2D eigenvalue weighted by molar-refractivity contribution is 7.99. The fourth-order valence-corrected chi connectivity index (χ4v) is 3.95. The molecule has 0 saturated heterocycles. The van der Waals surface area contributed by atoms with Crippen molar-refractivity contribution < 1.29 is 9.47 Å². The van der Waals surface area contributed by atoms with E-state index in [0.717, 1.165) is 30.8 Å². The lowest BCUT2D eigenvalue weighted by atomic mass is 10.0. The van der Waals surface area contributed by atoms with Crippen molar-refractivity contribution in [2.24, 2.45) is 0 Å². The summed E-state index contributed by atoms with van der Waals surface area (Å²) in [7, 11) is 1.65. The van der Waals surface area contributed by atoms with Crippen molar-refractivity contribution in [3.63, 3.8) is 0 Å². The fraction of sp³-hybridized carbons (Fsp3) is 0.429. The van der Waals surface area contributed by atoms with Crippen LogP contribution in [-0.4, -0.2) is 19.7 Å². The number of thioether (sulfide) groups is 1. The maximum absolute atomic E-state index is 5.67. The Bertz CT molecular complexity index is 632. The first kappa shape index (κ1) is 18.9. The van der Waals surface area contributed by atoms with Gasteiger partial charge < -0.3 is 9.47 Å². The number of hydrogen-bond donors (Lipinski definition) is 0. The molecule has 0 saturated carbocycles. The Balaban J connectivity index is 2.00. The minimum Gasteiger partial charge on any atom is -0.467 e. The quantitative estimate of drug-likeness (QED) is 0.437. The summed E-state index contributed by atoms with van der Waals surface area (Å²) in [5, 5.41) is 0. The molecular weight excluding hydrogens is 316 g/mol. The lowest BCUT2D eigenvalue weighted by Gasteiger charge is -2.13. The summed E-state index contributed by atoms with van der Waals surface area (Å²) in [4.78, 5) is 1.42. The van der Waals surface area contributed by atoms with Gasteiger partial charge in [-0.3, -0.25) is 0 Å². The van der Waals surface area contributed by atoms with Gasteiger partial charge in [0.15, 0.2) is 6.79 Å². The molecule has 0 heterocycles. The second-order valence-corrected chi connectivity index (χ2v) is 7.17. The lowest BCUT2D eigenvalue weighted by molar-refractivity contribution is 0.0504. The van der Waals surface area contributed by atoms with Gasteiger partial charge in [0.2, 0.25) is 0 Å². The third-order valence-corrected chi connectivity index (χ3v) is 5.36. The van der Waals surface area contributed by atoms with Crippen LogP contribution in [0.2, 0.25) is 0 Å². The Morgan fingerprint density at radius 3 is 2.42 bits per heavy atom. The second kappa shape index (κ2) is 9.75. The predicted octanol–water partition coefficient (Wildman–Crippen LogP) is 5.57. The van der Waals surface area contributed by atoms with Crippen LogP contribution < -0.4 is 4.74 Å². The lowest BCUT2D eigenvalue weighted by Crippen LogP contribution is -2.02. The highest BCUT2D eigenvalue weighted by Crippen LogP contribution is 2.28. The first-order valence-electron chi connectivity index (χ1n) is 8.58. The standard InChI is InChI=1S/C21H28O2S/c1-5-7-19-14-18(10-11-20(19)23-15-22-4)12-13-24-21-16(2)8-6-9-17(21)3/h6,8-11,14H,5,7,12-13,15H2,1-4H3. The van der Waals surface area contributed by atoms with Gasteiger partial charge >= 0.3 is 0 Å². The molecule has 2 nitrogen and oxygen atoms in total. The SMILES string of the molecule is CCCc1cc(CCSc2c(C)cccc2C)ccc1OCOC. The van der Waals surface area contributed by atoms with Gasteiger partial charge in [-0.25, -0.2) is 0 Å². The van der Waals surface area contributed by atoms with Crippen LogP contribution in [-0.2, 0) is 17.6 Å². The summed E-state index contributed by atoms with van der Waals surface area (Å²) >= 11 is 1.95. The van der Waals surface area contributed by atoms with Gasteiger partial charge in [-0.1, -0.05) is 43.7 Å².